The first-order chi connectivity index (χ1) is 6.74. The minimum atomic E-state index is -0.862. The van der Waals surface area contributed by atoms with E-state index < -0.39 is 12.0 Å². The molecule has 0 aromatic carbocycles. The van der Waals surface area contributed by atoms with Crippen LogP contribution in [0.3, 0.4) is 0 Å². The van der Waals surface area contributed by atoms with Crippen molar-refractivity contribution in [2.75, 3.05) is 6.54 Å². The summed E-state index contributed by atoms with van der Waals surface area (Å²) in [4.78, 5) is 10.2. The second kappa shape index (κ2) is 5.37. The highest BCUT2D eigenvalue weighted by Gasteiger charge is 2.09. The molecule has 1 aromatic rings. The SMILES string of the molecule is N#CC(NCCC(=O)O)c1ccsc1. The molecular weight excluding hydrogens is 200 g/mol. The molecule has 4 nitrogen and oxygen atoms in total. The summed E-state index contributed by atoms with van der Waals surface area (Å²) in [5.41, 5.74) is 0.892. The number of carboxylic acids is 1. The number of thiophene rings is 1. The lowest BCUT2D eigenvalue weighted by Gasteiger charge is -2.07. The lowest BCUT2D eigenvalue weighted by Crippen LogP contribution is -2.22. The quantitative estimate of drug-likeness (QED) is 0.770. The molecular formula is C9H10N2O2S. The number of hydrogen-bond donors (Lipinski definition) is 2. The van der Waals surface area contributed by atoms with E-state index >= 15 is 0 Å². The van der Waals surface area contributed by atoms with Crippen molar-refractivity contribution in [1.29, 1.82) is 5.26 Å². The minimum absolute atomic E-state index is 0.0301. The average Bonchev–Trinajstić information content (AvgIpc) is 2.64. The van der Waals surface area contributed by atoms with Crippen molar-refractivity contribution < 1.29 is 9.90 Å². The Kier molecular flexibility index (Phi) is 4.11. The molecule has 5 heteroatoms. The van der Waals surface area contributed by atoms with Crippen LogP contribution in [0, 0.1) is 11.3 Å². The van der Waals surface area contributed by atoms with E-state index in [1.54, 1.807) is 0 Å². The Bertz CT molecular complexity index is 329. The molecule has 0 bridgehead atoms. The Labute approximate surface area is 85.8 Å². The molecule has 0 amide bonds. The van der Waals surface area contributed by atoms with Gasteiger partial charge < -0.3 is 5.11 Å². The van der Waals surface area contributed by atoms with Crippen LogP contribution >= 0.6 is 11.3 Å². The van der Waals surface area contributed by atoms with Gasteiger partial charge in [-0.2, -0.15) is 16.6 Å². The van der Waals surface area contributed by atoms with E-state index in [1.165, 1.54) is 11.3 Å². The fourth-order valence-corrected chi connectivity index (χ4v) is 1.69. The monoisotopic (exact) mass is 210 g/mol. The zero-order valence-corrected chi connectivity index (χ0v) is 8.25. The summed E-state index contributed by atoms with van der Waals surface area (Å²) in [6.45, 7) is 0.309. The maximum atomic E-state index is 10.2. The van der Waals surface area contributed by atoms with E-state index in [-0.39, 0.29) is 6.42 Å². The zero-order chi connectivity index (χ0) is 10.4. The van der Waals surface area contributed by atoms with Gasteiger partial charge >= 0.3 is 5.97 Å². The van der Waals surface area contributed by atoms with E-state index in [0.29, 0.717) is 6.54 Å². The van der Waals surface area contributed by atoms with Gasteiger partial charge in [-0.1, -0.05) is 0 Å². The molecule has 0 aliphatic rings. The predicted octanol–water partition coefficient (Wildman–Crippen LogP) is 1.38. The van der Waals surface area contributed by atoms with Crippen LogP contribution in [0.5, 0.6) is 0 Å². The first kappa shape index (κ1) is 10.7. The standard InChI is InChI=1S/C9H10N2O2S/c10-5-8(7-2-4-14-6-7)11-3-1-9(12)13/h2,4,6,8,11H,1,3H2,(H,12,13). The topological polar surface area (TPSA) is 73.1 Å². The summed E-state index contributed by atoms with van der Waals surface area (Å²) in [5, 5.41) is 23.8. The summed E-state index contributed by atoms with van der Waals surface area (Å²) >= 11 is 1.52. The molecule has 2 N–H and O–H groups in total. The fraction of sp³-hybridized carbons (Fsp3) is 0.333. The van der Waals surface area contributed by atoms with Crippen molar-refractivity contribution in [2.24, 2.45) is 0 Å². The van der Waals surface area contributed by atoms with Crippen molar-refractivity contribution in [3.63, 3.8) is 0 Å². The van der Waals surface area contributed by atoms with Crippen molar-refractivity contribution in [3.05, 3.63) is 22.4 Å². The lowest BCUT2D eigenvalue weighted by atomic mass is 10.2. The van der Waals surface area contributed by atoms with Gasteiger partial charge in [-0.05, 0) is 22.4 Å². The summed E-state index contributed by atoms with van der Waals surface area (Å²) in [6.07, 6.45) is 0.0301. The molecule has 1 rings (SSSR count). The van der Waals surface area contributed by atoms with Crippen LogP contribution < -0.4 is 5.32 Å². The molecule has 0 radical (unpaired) electrons. The summed E-state index contributed by atoms with van der Waals surface area (Å²) in [7, 11) is 0. The Balaban J connectivity index is 2.42. The normalized spacial score (nSPS) is 11.9. The van der Waals surface area contributed by atoms with Crippen molar-refractivity contribution in [3.8, 4) is 6.07 Å². The van der Waals surface area contributed by atoms with Gasteiger partial charge in [0.15, 0.2) is 0 Å². The molecule has 0 fully saturated rings. The van der Waals surface area contributed by atoms with E-state index in [1.807, 2.05) is 16.8 Å². The van der Waals surface area contributed by atoms with Gasteiger partial charge in [0.1, 0.15) is 6.04 Å². The number of nitrogens with one attached hydrogen (secondary N) is 1. The fourth-order valence-electron chi connectivity index (χ4n) is 1.00. The van der Waals surface area contributed by atoms with Crippen LogP contribution in [-0.2, 0) is 4.79 Å². The number of hydrogen-bond acceptors (Lipinski definition) is 4. The Morgan fingerprint density at radius 3 is 3.07 bits per heavy atom. The van der Waals surface area contributed by atoms with Crippen LogP contribution in [0.25, 0.3) is 0 Å². The van der Waals surface area contributed by atoms with Crippen LogP contribution in [0.1, 0.15) is 18.0 Å². The maximum Gasteiger partial charge on any atom is 0.304 e. The highest BCUT2D eigenvalue weighted by atomic mass is 32.1. The molecule has 1 aromatic heterocycles. The van der Waals surface area contributed by atoms with Crippen molar-refractivity contribution >= 4 is 17.3 Å². The number of nitrogens with zero attached hydrogens (tertiary/aromatic N) is 1. The highest BCUT2D eigenvalue weighted by molar-refractivity contribution is 7.08. The number of carboxylic acid groups (broad SMARTS) is 1. The molecule has 1 unspecified atom stereocenters. The molecule has 0 saturated carbocycles. The van der Waals surface area contributed by atoms with Gasteiger partial charge in [0.2, 0.25) is 0 Å². The van der Waals surface area contributed by atoms with Gasteiger partial charge in [-0.3, -0.25) is 10.1 Å². The van der Waals surface area contributed by atoms with Gasteiger partial charge in [-0.25, -0.2) is 0 Å². The van der Waals surface area contributed by atoms with E-state index in [4.69, 9.17) is 10.4 Å². The third-order valence-electron chi connectivity index (χ3n) is 1.69. The predicted molar refractivity (Wildman–Crippen MR) is 52.9 cm³/mol. The van der Waals surface area contributed by atoms with Crippen LogP contribution in [0.2, 0.25) is 0 Å². The average molecular weight is 210 g/mol. The molecule has 0 aliphatic heterocycles. The number of rotatable bonds is 5. The molecule has 14 heavy (non-hydrogen) atoms. The van der Waals surface area contributed by atoms with Crippen molar-refractivity contribution in [2.45, 2.75) is 12.5 Å². The van der Waals surface area contributed by atoms with Crippen LogP contribution in [0.15, 0.2) is 16.8 Å². The molecule has 0 spiro atoms. The van der Waals surface area contributed by atoms with Crippen LogP contribution in [-0.4, -0.2) is 17.6 Å². The van der Waals surface area contributed by atoms with Gasteiger partial charge in [0.05, 0.1) is 12.5 Å². The third kappa shape index (κ3) is 3.17. The Hall–Kier alpha value is -1.38. The smallest absolute Gasteiger partial charge is 0.304 e. The number of carbonyl (C=O) groups is 1. The van der Waals surface area contributed by atoms with Gasteiger partial charge in [0.25, 0.3) is 0 Å². The third-order valence-corrected chi connectivity index (χ3v) is 2.39. The Morgan fingerprint density at radius 1 is 1.79 bits per heavy atom. The molecule has 1 atom stereocenters. The Morgan fingerprint density at radius 2 is 2.57 bits per heavy atom. The maximum absolute atomic E-state index is 10.2. The lowest BCUT2D eigenvalue weighted by molar-refractivity contribution is -0.136. The van der Waals surface area contributed by atoms with E-state index in [9.17, 15) is 4.79 Å². The molecule has 74 valence electrons. The second-order valence-electron chi connectivity index (χ2n) is 2.72. The second-order valence-corrected chi connectivity index (χ2v) is 3.50. The summed E-state index contributed by atoms with van der Waals surface area (Å²) in [5.74, 6) is -0.862. The number of aliphatic carboxylic acids is 1. The van der Waals surface area contributed by atoms with Gasteiger partial charge in [0, 0.05) is 6.54 Å². The highest BCUT2D eigenvalue weighted by Crippen LogP contribution is 2.15. The minimum Gasteiger partial charge on any atom is -0.481 e. The molecule has 0 saturated heterocycles. The summed E-state index contributed by atoms with van der Waals surface area (Å²) in [6, 6.07) is 3.53. The van der Waals surface area contributed by atoms with Crippen LogP contribution in [0.4, 0.5) is 0 Å². The first-order valence-electron chi connectivity index (χ1n) is 4.11. The molecule has 1 heterocycles. The largest absolute Gasteiger partial charge is 0.481 e. The van der Waals surface area contributed by atoms with E-state index in [0.717, 1.165) is 5.56 Å². The van der Waals surface area contributed by atoms with Crippen molar-refractivity contribution in [1.82, 2.24) is 5.32 Å². The molecule has 0 aliphatic carbocycles. The summed E-state index contributed by atoms with van der Waals surface area (Å²) < 4.78 is 0. The first-order valence-corrected chi connectivity index (χ1v) is 5.05. The van der Waals surface area contributed by atoms with Gasteiger partial charge in [-0.15, -0.1) is 0 Å². The zero-order valence-electron chi connectivity index (χ0n) is 7.43. The number of nitriles is 1. The van der Waals surface area contributed by atoms with E-state index in [2.05, 4.69) is 11.4 Å².